The molecule has 3 rings (SSSR count). The zero-order chi connectivity index (χ0) is 16.4. The lowest BCUT2D eigenvalue weighted by Crippen LogP contribution is -2.33. The second-order valence-electron chi connectivity index (χ2n) is 6.25. The first-order valence-corrected chi connectivity index (χ1v) is 8.43. The Morgan fingerprint density at radius 2 is 1.83 bits per heavy atom. The number of carbonyl (C=O) groups excluding carboxylic acids is 2. The van der Waals surface area contributed by atoms with Gasteiger partial charge >= 0.3 is 0 Å². The second kappa shape index (κ2) is 6.75. The molecule has 1 aromatic rings. The highest BCUT2D eigenvalue weighted by Gasteiger charge is 2.38. The van der Waals surface area contributed by atoms with Crippen LogP contribution in [0.3, 0.4) is 0 Å². The molecule has 1 aromatic carbocycles. The average Bonchev–Trinajstić information content (AvgIpc) is 2.92. The summed E-state index contributed by atoms with van der Waals surface area (Å²) in [6.45, 7) is 0.270. The van der Waals surface area contributed by atoms with Crippen LogP contribution in [0.4, 0.5) is 5.69 Å². The molecule has 1 saturated carbocycles. The molecular weight excluding hydrogens is 314 g/mol. The minimum absolute atomic E-state index is 0.00511. The number of anilines is 1. The van der Waals surface area contributed by atoms with Crippen molar-refractivity contribution < 1.29 is 14.7 Å². The molecule has 0 aromatic heterocycles. The molecule has 5 heteroatoms. The highest BCUT2D eigenvalue weighted by atomic mass is 35.5. The van der Waals surface area contributed by atoms with E-state index in [1.807, 2.05) is 0 Å². The molecule has 1 atom stereocenters. The number of hydrogen-bond acceptors (Lipinski definition) is 4. The Hall–Kier alpha value is -1.81. The summed E-state index contributed by atoms with van der Waals surface area (Å²) in [5, 5.41) is 11.0. The van der Waals surface area contributed by atoms with E-state index in [0.717, 1.165) is 31.4 Å². The summed E-state index contributed by atoms with van der Waals surface area (Å²) in [6.07, 6.45) is 5.73. The van der Waals surface area contributed by atoms with Crippen molar-refractivity contribution in [2.45, 2.75) is 38.1 Å². The second-order valence-corrected chi connectivity index (χ2v) is 6.68. The fraction of sp³-hybridized carbons (Fsp3) is 0.444. The summed E-state index contributed by atoms with van der Waals surface area (Å²) < 4.78 is 0. The Morgan fingerprint density at radius 3 is 2.43 bits per heavy atom. The van der Waals surface area contributed by atoms with Gasteiger partial charge in [0.25, 0.3) is 0 Å². The maximum Gasteiger partial charge on any atom is 0.167 e. The molecule has 4 nitrogen and oxygen atoms in total. The Labute approximate surface area is 140 Å². The van der Waals surface area contributed by atoms with Crippen LogP contribution in [0.25, 0.3) is 0 Å². The third-order valence-corrected chi connectivity index (χ3v) is 5.07. The Kier molecular flexibility index (Phi) is 4.71. The van der Waals surface area contributed by atoms with E-state index in [4.69, 9.17) is 11.6 Å². The molecule has 1 unspecified atom stereocenters. The van der Waals surface area contributed by atoms with E-state index in [9.17, 15) is 14.7 Å². The molecule has 2 aliphatic rings. The molecule has 122 valence electrons. The van der Waals surface area contributed by atoms with E-state index in [1.165, 1.54) is 6.42 Å². The number of aliphatic hydroxyl groups excluding tert-OH is 1. The molecule has 0 saturated heterocycles. The molecule has 0 spiro atoms. The standard InChI is InChI=1S/C18H20ClNO3/c19-13-6-8-14(9-7-13)20-10-15(18(23)16(20)11-21)17(22)12-4-2-1-3-5-12/h6-9,11-12,16,23H,1-5,10H2. The van der Waals surface area contributed by atoms with Crippen LogP contribution >= 0.6 is 11.6 Å². The Morgan fingerprint density at radius 1 is 1.17 bits per heavy atom. The van der Waals surface area contributed by atoms with E-state index in [2.05, 4.69) is 0 Å². The van der Waals surface area contributed by atoms with E-state index in [1.54, 1.807) is 29.2 Å². The summed E-state index contributed by atoms with van der Waals surface area (Å²) in [5.41, 5.74) is 1.16. The van der Waals surface area contributed by atoms with Gasteiger partial charge in [0, 0.05) is 16.6 Å². The molecule has 1 N–H and O–H groups in total. The zero-order valence-corrected chi connectivity index (χ0v) is 13.6. The SMILES string of the molecule is O=CC1C(O)=C(C(=O)C2CCCCC2)CN1c1ccc(Cl)cc1. The van der Waals surface area contributed by atoms with E-state index in [-0.39, 0.29) is 24.0 Å². The number of nitrogens with zero attached hydrogens (tertiary/aromatic N) is 1. The molecule has 1 fully saturated rings. The minimum Gasteiger partial charge on any atom is -0.509 e. The van der Waals surface area contributed by atoms with Gasteiger partial charge in [-0.05, 0) is 37.1 Å². The number of Topliss-reactive ketones (excluding diaryl/α,β-unsaturated/α-hetero) is 1. The molecule has 1 aliphatic heterocycles. The molecule has 23 heavy (non-hydrogen) atoms. The van der Waals surface area contributed by atoms with Crippen molar-refractivity contribution in [1.82, 2.24) is 0 Å². The zero-order valence-electron chi connectivity index (χ0n) is 12.9. The summed E-state index contributed by atoms with van der Waals surface area (Å²) in [4.78, 5) is 25.9. The molecule has 0 amide bonds. The van der Waals surface area contributed by atoms with Crippen LogP contribution in [0.1, 0.15) is 32.1 Å². The lowest BCUT2D eigenvalue weighted by Gasteiger charge is -2.24. The van der Waals surface area contributed by atoms with E-state index in [0.29, 0.717) is 16.9 Å². The average molecular weight is 334 g/mol. The number of halogens is 1. The number of ketones is 1. The van der Waals surface area contributed by atoms with Gasteiger partial charge < -0.3 is 14.8 Å². The van der Waals surface area contributed by atoms with Crippen molar-refractivity contribution in [3.63, 3.8) is 0 Å². The van der Waals surface area contributed by atoms with Gasteiger partial charge in [0.15, 0.2) is 5.78 Å². The predicted molar refractivity (Wildman–Crippen MR) is 89.9 cm³/mol. The smallest absolute Gasteiger partial charge is 0.167 e. The van der Waals surface area contributed by atoms with Crippen molar-refractivity contribution in [3.05, 3.63) is 40.6 Å². The van der Waals surface area contributed by atoms with Gasteiger partial charge in [-0.1, -0.05) is 30.9 Å². The van der Waals surface area contributed by atoms with Crippen LogP contribution in [0, 0.1) is 5.92 Å². The van der Waals surface area contributed by atoms with Gasteiger partial charge in [0.2, 0.25) is 0 Å². The Bertz CT molecular complexity index is 632. The summed E-state index contributed by atoms with van der Waals surface area (Å²) in [6, 6.07) is 6.26. The fourth-order valence-corrected chi connectivity index (χ4v) is 3.64. The largest absolute Gasteiger partial charge is 0.509 e. The topological polar surface area (TPSA) is 57.6 Å². The normalized spacial score (nSPS) is 22.5. The highest BCUT2D eigenvalue weighted by molar-refractivity contribution is 6.30. The van der Waals surface area contributed by atoms with Gasteiger partial charge in [-0.2, -0.15) is 0 Å². The van der Waals surface area contributed by atoms with Gasteiger partial charge in [-0.15, -0.1) is 0 Å². The van der Waals surface area contributed by atoms with Crippen LogP contribution < -0.4 is 4.90 Å². The Balaban J connectivity index is 1.84. The van der Waals surface area contributed by atoms with Crippen LogP contribution in [0.2, 0.25) is 5.02 Å². The first-order valence-electron chi connectivity index (χ1n) is 8.05. The number of aldehydes is 1. The van der Waals surface area contributed by atoms with Crippen molar-refractivity contribution in [3.8, 4) is 0 Å². The first kappa shape index (κ1) is 16.1. The number of carbonyl (C=O) groups is 2. The number of aliphatic hydroxyl groups is 1. The number of hydrogen-bond donors (Lipinski definition) is 1. The third kappa shape index (κ3) is 3.13. The molecule has 0 bridgehead atoms. The van der Waals surface area contributed by atoms with Crippen molar-refractivity contribution in [2.24, 2.45) is 5.92 Å². The molecular formula is C18H20ClNO3. The molecule has 1 aliphatic carbocycles. The third-order valence-electron chi connectivity index (χ3n) is 4.81. The van der Waals surface area contributed by atoms with Crippen molar-refractivity contribution in [1.29, 1.82) is 0 Å². The van der Waals surface area contributed by atoms with Crippen LogP contribution in [0.15, 0.2) is 35.6 Å². The van der Waals surface area contributed by atoms with E-state index < -0.39 is 6.04 Å². The van der Waals surface area contributed by atoms with Crippen molar-refractivity contribution >= 4 is 29.4 Å². The number of rotatable bonds is 4. The first-order chi connectivity index (χ1) is 11.1. The van der Waals surface area contributed by atoms with Gasteiger partial charge in [0.1, 0.15) is 18.1 Å². The quantitative estimate of drug-likeness (QED) is 0.854. The molecule has 0 radical (unpaired) electrons. The minimum atomic E-state index is -0.793. The number of benzene rings is 1. The summed E-state index contributed by atoms with van der Waals surface area (Å²) >= 11 is 5.90. The molecule has 1 heterocycles. The van der Waals surface area contributed by atoms with Gasteiger partial charge in [0.05, 0.1) is 12.1 Å². The monoisotopic (exact) mass is 333 g/mol. The highest BCUT2D eigenvalue weighted by Crippen LogP contribution is 2.33. The van der Waals surface area contributed by atoms with Gasteiger partial charge in [-0.25, -0.2) is 0 Å². The van der Waals surface area contributed by atoms with Crippen LogP contribution in [-0.2, 0) is 9.59 Å². The summed E-state index contributed by atoms with van der Waals surface area (Å²) in [7, 11) is 0. The summed E-state index contributed by atoms with van der Waals surface area (Å²) in [5.74, 6) is -0.102. The van der Waals surface area contributed by atoms with Crippen LogP contribution in [-0.4, -0.2) is 29.8 Å². The maximum atomic E-state index is 12.7. The van der Waals surface area contributed by atoms with Crippen molar-refractivity contribution in [2.75, 3.05) is 11.4 Å². The van der Waals surface area contributed by atoms with E-state index >= 15 is 0 Å². The fourth-order valence-electron chi connectivity index (χ4n) is 3.51. The van der Waals surface area contributed by atoms with Crippen LogP contribution in [0.5, 0.6) is 0 Å². The van der Waals surface area contributed by atoms with Gasteiger partial charge in [-0.3, -0.25) is 4.79 Å². The lowest BCUT2D eigenvalue weighted by atomic mass is 9.83. The lowest BCUT2D eigenvalue weighted by molar-refractivity contribution is -0.120. The maximum absolute atomic E-state index is 12.7. The predicted octanol–water partition coefficient (Wildman–Crippen LogP) is 3.69.